The number of aryl methyl sites for hydroxylation is 1. The molecule has 14 rings (SSSR count). The molecule has 1 aromatic rings. The molecule has 7 nitrogen and oxygen atoms in total. The average Bonchev–Trinajstić information content (AvgIpc) is 3.72. The van der Waals surface area contributed by atoms with E-state index in [2.05, 4.69) is 60.1 Å². The molecular formula is C55H69N3O4. The van der Waals surface area contributed by atoms with Crippen molar-refractivity contribution in [3.05, 3.63) is 81.3 Å². The first kappa shape index (κ1) is 38.1. The third-order valence-corrected chi connectivity index (χ3v) is 21.2. The minimum absolute atomic E-state index is 0.0208. The number of allylic oxidation sites excluding steroid dienone is 4. The summed E-state index contributed by atoms with van der Waals surface area (Å²) in [6, 6.07) is 8.23. The number of fused-ring (bicyclic) bond motifs is 8. The zero-order valence-electron chi connectivity index (χ0n) is 37.4. The van der Waals surface area contributed by atoms with E-state index in [0.717, 1.165) is 85.1 Å². The average molecular weight is 836 g/mol. The Kier molecular flexibility index (Phi) is 8.14. The molecule has 6 fully saturated rings. The second-order valence-corrected chi connectivity index (χ2v) is 23.6. The van der Waals surface area contributed by atoms with Crippen molar-refractivity contribution in [1.82, 2.24) is 9.80 Å². The fourth-order valence-corrected chi connectivity index (χ4v) is 19.3. The van der Waals surface area contributed by atoms with Gasteiger partial charge in [-0.25, -0.2) is 4.79 Å². The highest BCUT2D eigenvalue weighted by Gasteiger charge is 2.93. The van der Waals surface area contributed by atoms with Gasteiger partial charge >= 0.3 is 11.9 Å². The SMILES string of the molecule is CC1C=CC2CC3C(C)CC4=C5C3C3=C2C26C(=O)OC(=CC7CCC8C9CC(CN8C7CC7CCCCC7)C(CC4)N5C9)C2(CC3)C2(OC(=O)c3c(CCCN)cccc32)C6C1. The van der Waals surface area contributed by atoms with Crippen molar-refractivity contribution in [1.29, 1.82) is 0 Å². The third-order valence-electron chi connectivity index (χ3n) is 21.2. The van der Waals surface area contributed by atoms with E-state index in [1.807, 2.05) is 0 Å². The quantitative estimate of drug-likeness (QED) is 0.234. The molecule has 62 heavy (non-hydrogen) atoms. The predicted octanol–water partition coefficient (Wildman–Crippen LogP) is 9.77. The monoisotopic (exact) mass is 836 g/mol. The van der Waals surface area contributed by atoms with E-state index < -0.39 is 16.4 Å². The van der Waals surface area contributed by atoms with Crippen LogP contribution in [-0.4, -0.2) is 59.5 Å². The lowest BCUT2D eigenvalue weighted by Crippen LogP contribution is -2.78. The summed E-state index contributed by atoms with van der Waals surface area (Å²) in [6.07, 6.45) is 28.5. The minimum atomic E-state index is -0.957. The van der Waals surface area contributed by atoms with Gasteiger partial charge in [-0.3, -0.25) is 9.69 Å². The van der Waals surface area contributed by atoms with Gasteiger partial charge in [0.25, 0.3) is 0 Å². The number of hydrogen-bond donors (Lipinski definition) is 1. The molecule has 7 heterocycles. The minimum Gasteiger partial charge on any atom is -0.449 e. The molecular weight excluding hydrogens is 767 g/mol. The summed E-state index contributed by atoms with van der Waals surface area (Å²) in [5.41, 5.74) is 12.9. The number of nitrogens with zero attached hydrogens (tertiary/aromatic N) is 2. The smallest absolute Gasteiger partial charge is 0.339 e. The normalized spacial score (nSPS) is 46.7. The van der Waals surface area contributed by atoms with E-state index >= 15 is 4.79 Å². The van der Waals surface area contributed by atoms with Gasteiger partial charge in [0.1, 0.15) is 11.2 Å². The lowest BCUT2D eigenvalue weighted by atomic mass is 9.27. The van der Waals surface area contributed by atoms with E-state index in [0.29, 0.717) is 48.3 Å². The number of ether oxygens (including phenoxy) is 2. The fourth-order valence-electron chi connectivity index (χ4n) is 19.3. The van der Waals surface area contributed by atoms with Crippen molar-refractivity contribution >= 4 is 11.9 Å². The highest BCUT2D eigenvalue weighted by Crippen LogP contribution is 2.88. The van der Waals surface area contributed by atoms with Crippen molar-refractivity contribution in [2.45, 2.75) is 153 Å². The summed E-state index contributed by atoms with van der Waals surface area (Å²) in [6.45, 7) is 7.95. The Labute approximate surface area is 369 Å². The molecule has 15 atom stereocenters. The van der Waals surface area contributed by atoms with Gasteiger partial charge in [0, 0.05) is 54.3 Å². The van der Waals surface area contributed by atoms with Gasteiger partial charge in [-0.2, -0.15) is 0 Å². The molecule has 0 amide bonds. The maximum atomic E-state index is 16.1. The van der Waals surface area contributed by atoms with Crippen LogP contribution in [0, 0.1) is 70.0 Å². The highest BCUT2D eigenvalue weighted by molar-refractivity contribution is 6.00. The fraction of sp³-hybridized carbons (Fsp3) is 0.709. The second kappa shape index (κ2) is 13.2. The number of rotatable bonds is 5. The van der Waals surface area contributed by atoms with Crippen LogP contribution < -0.4 is 5.73 Å². The zero-order chi connectivity index (χ0) is 41.4. The Morgan fingerprint density at radius 1 is 0.919 bits per heavy atom. The predicted molar refractivity (Wildman–Crippen MR) is 238 cm³/mol. The van der Waals surface area contributed by atoms with E-state index in [4.69, 9.17) is 15.2 Å². The molecule has 3 spiro atoms. The molecule has 0 radical (unpaired) electrons. The van der Waals surface area contributed by atoms with Crippen molar-refractivity contribution in [2.75, 3.05) is 19.6 Å². The molecule has 7 heteroatoms. The van der Waals surface area contributed by atoms with Crippen molar-refractivity contribution in [3.8, 4) is 0 Å². The van der Waals surface area contributed by atoms with Gasteiger partial charge in [-0.05, 0) is 155 Å². The van der Waals surface area contributed by atoms with E-state index in [-0.39, 0.29) is 29.7 Å². The van der Waals surface area contributed by atoms with Crippen molar-refractivity contribution in [2.24, 2.45) is 75.7 Å². The molecule has 15 unspecified atom stereocenters. The lowest BCUT2D eigenvalue weighted by molar-refractivity contribution is -0.280. The molecule has 2 saturated carbocycles. The number of carbonyl (C=O) groups is 2. The Hall–Kier alpha value is -3.16. The number of nitrogens with two attached hydrogens (primary N) is 1. The maximum Gasteiger partial charge on any atom is 0.339 e. The van der Waals surface area contributed by atoms with Crippen LogP contribution >= 0.6 is 0 Å². The first-order chi connectivity index (χ1) is 30.3. The maximum absolute atomic E-state index is 16.1. The molecule has 7 aliphatic heterocycles. The highest BCUT2D eigenvalue weighted by atomic mass is 16.6. The zero-order valence-corrected chi connectivity index (χ0v) is 37.4. The third kappa shape index (κ3) is 4.48. The second-order valence-electron chi connectivity index (χ2n) is 23.6. The molecule has 13 aliphatic rings. The summed E-state index contributed by atoms with van der Waals surface area (Å²) < 4.78 is 14.6. The Morgan fingerprint density at radius 3 is 2.66 bits per heavy atom. The molecule has 6 aliphatic carbocycles. The summed E-state index contributed by atoms with van der Waals surface area (Å²) in [4.78, 5) is 37.2. The van der Waals surface area contributed by atoms with Crippen LogP contribution in [0.4, 0.5) is 0 Å². The standard InChI is InChI=1S/C55H69N3O4/c1-30-13-14-35-26-40-31(2)23-36-16-18-43-37-25-38-29-58(43)50(36)48(40)39-19-20-53-46(27-34-15-17-42(38)57(28-37)44(34)24-32-8-4-3-5-9-32)61-52(60)54(53,49(35)39)45(22-30)55(53)41-12-6-10-33(11-7-21-56)47(41)51(59)62-55/h6,10,12-14,27,30-32,34-35,37-38,40,42-45,48H,3-5,7-9,11,15-26,28-29,56H2,1-2H3. The van der Waals surface area contributed by atoms with Crippen molar-refractivity contribution in [3.63, 3.8) is 0 Å². The van der Waals surface area contributed by atoms with Gasteiger partial charge < -0.3 is 20.1 Å². The lowest BCUT2D eigenvalue weighted by Gasteiger charge is -2.73. The number of hydrogen-bond acceptors (Lipinski definition) is 7. The summed E-state index contributed by atoms with van der Waals surface area (Å²) in [7, 11) is 0. The van der Waals surface area contributed by atoms with Gasteiger partial charge in [0.15, 0.2) is 5.60 Å². The molecule has 7 bridgehead atoms. The van der Waals surface area contributed by atoms with Gasteiger partial charge in [-0.1, -0.05) is 87.4 Å². The van der Waals surface area contributed by atoms with Crippen LogP contribution in [-0.2, 0) is 26.3 Å². The first-order valence-corrected chi connectivity index (χ1v) is 25.9. The topological polar surface area (TPSA) is 85.1 Å². The molecule has 0 aromatic heterocycles. The van der Waals surface area contributed by atoms with Gasteiger partial charge in [0.2, 0.25) is 0 Å². The Morgan fingerprint density at radius 2 is 1.79 bits per heavy atom. The summed E-state index contributed by atoms with van der Waals surface area (Å²) in [5.74, 6) is 4.98. The number of carbonyl (C=O) groups excluding carboxylic acids is 2. The molecule has 4 saturated heterocycles. The number of piperidine rings is 3. The van der Waals surface area contributed by atoms with Gasteiger partial charge in [0.05, 0.1) is 11.0 Å². The van der Waals surface area contributed by atoms with Crippen LogP contribution in [0.2, 0.25) is 0 Å². The number of esters is 2. The van der Waals surface area contributed by atoms with E-state index in [9.17, 15) is 4.79 Å². The Balaban J connectivity index is 1.06. The van der Waals surface area contributed by atoms with Gasteiger partial charge in [-0.15, -0.1) is 0 Å². The van der Waals surface area contributed by atoms with Crippen LogP contribution in [0.25, 0.3) is 0 Å². The van der Waals surface area contributed by atoms with Crippen LogP contribution in [0.3, 0.4) is 0 Å². The first-order valence-electron chi connectivity index (χ1n) is 25.9. The van der Waals surface area contributed by atoms with Crippen molar-refractivity contribution < 1.29 is 19.1 Å². The molecule has 1 aromatic carbocycles. The van der Waals surface area contributed by atoms with Crippen LogP contribution in [0.1, 0.15) is 144 Å². The largest absolute Gasteiger partial charge is 0.449 e. The van der Waals surface area contributed by atoms with E-state index in [1.165, 1.54) is 89.3 Å². The van der Waals surface area contributed by atoms with Crippen LogP contribution in [0.15, 0.2) is 64.6 Å². The number of benzene rings is 1. The molecule has 328 valence electrons. The summed E-state index contributed by atoms with van der Waals surface area (Å²) in [5, 5.41) is 0. The molecule has 2 N–H and O–H groups in total. The van der Waals surface area contributed by atoms with E-state index in [1.54, 1.807) is 16.8 Å². The summed E-state index contributed by atoms with van der Waals surface area (Å²) >= 11 is 0. The van der Waals surface area contributed by atoms with Crippen LogP contribution in [0.5, 0.6) is 0 Å². The Bertz CT molecular complexity index is 2280.